The first kappa shape index (κ1) is 10.7. The molecule has 1 aromatic carbocycles. The summed E-state index contributed by atoms with van der Waals surface area (Å²) in [7, 11) is 0. The molecule has 0 unspecified atom stereocenters. The van der Waals surface area contributed by atoms with Crippen LogP contribution in [0.4, 0.5) is 10.1 Å². The van der Waals surface area contributed by atoms with Gasteiger partial charge in [-0.2, -0.15) is 0 Å². The van der Waals surface area contributed by atoms with Gasteiger partial charge in [0.05, 0.1) is 17.2 Å². The Hall–Kier alpha value is -0.800. The number of anilines is 1. The summed E-state index contributed by atoms with van der Waals surface area (Å²) in [5, 5.41) is 12.9. The van der Waals surface area contributed by atoms with E-state index >= 15 is 0 Å². The number of hydrogen-bond donors (Lipinski definition) is 2. The third-order valence-corrected chi connectivity index (χ3v) is 3.04. The van der Waals surface area contributed by atoms with Gasteiger partial charge < -0.3 is 10.4 Å². The molecule has 1 fully saturated rings. The van der Waals surface area contributed by atoms with Crippen molar-refractivity contribution in [2.24, 2.45) is 0 Å². The number of aliphatic hydroxyl groups is 1. The van der Waals surface area contributed by atoms with Gasteiger partial charge in [-0.25, -0.2) is 4.39 Å². The maximum Gasteiger partial charge on any atom is 0.141 e. The van der Waals surface area contributed by atoms with Gasteiger partial charge in [-0.1, -0.05) is 11.6 Å². The number of aliphatic hydroxyl groups excluding tert-OH is 1. The molecule has 0 bridgehead atoms. The quantitative estimate of drug-likeness (QED) is 0.818. The highest BCUT2D eigenvalue weighted by atomic mass is 35.5. The largest absolute Gasteiger partial charge is 0.391 e. The van der Waals surface area contributed by atoms with E-state index < -0.39 is 5.82 Å². The summed E-state index contributed by atoms with van der Waals surface area (Å²) in [6.45, 7) is 0. The van der Waals surface area contributed by atoms with Crippen molar-refractivity contribution in [3.63, 3.8) is 0 Å². The molecule has 82 valence electrons. The van der Waals surface area contributed by atoms with Crippen LogP contribution < -0.4 is 5.32 Å². The lowest BCUT2D eigenvalue weighted by molar-refractivity contribution is 0.172. The molecule has 4 heteroatoms. The molecule has 1 aliphatic rings. The predicted octanol–water partition coefficient (Wildman–Crippen LogP) is 2.80. The summed E-state index contributed by atoms with van der Waals surface area (Å²) in [4.78, 5) is 0. The van der Waals surface area contributed by atoms with Crippen LogP contribution in [0.15, 0.2) is 18.2 Å². The standard InChI is InChI=1S/C11H13ClFNO/c12-8-6-7(4-5-9(8)13)14-10-2-1-3-11(10)15/h4-6,10-11,14-15H,1-3H2/t10-,11-/m0/s1. The van der Waals surface area contributed by atoms with Gasteiger partial charge in [0, 0.05) is 5.69 Å². The van der Waals surface area contributed by atoms with Gasteiger partial charge >= 0.3 is 0 Å². The van der Waals surface area contributed by atoms with Crippen molar-refractivity contribution in [2.45, 2.75) is 31.4 Å². The molecule has 0 spiro atoms. The summed E-state index contributed by atoms with van der Waals surface area (Å²) in [5.74, 6) is -0.422. The molecule has 15 heavy (non-hydrogen) atoms. The van der Waals surface area contributed by atoms with E-state index in [2.05, 4.69) is 5.32 Å². The fourth-order valence-electron chi connectivity index (χ4n) is 1.91. The highest BCUT2D eigenvalue weighted by Crippen LogP contribution is 2.25. The van der Waals surface area contributed by atoms with E-state index in [1.54, 1.807) is 12.1 Å². The SMILES string of the molecule is O[C@H]1CCC[C@@H]1Nc1ccc(F)c(Cl)c1. The van der Waals surface area contributed by atoms with E-state index in [4.69, 9.17) is 11.6 Å². The molecule has 2 rings (SSSR count). The molecular formula is C11H13ClFNO. The molecule has 0 aliphatic heterocycles. The number of benzene rings is 1. The Morgan fingerprint density at radius 1 is 1.40 bits per heavy atom. The lowest BCUT2D eigenvalue weighted by Gasteiger charge is -2.17. The molecule has 1 aliphatic carbocycles. The van der Waals surface area contributed by atoms with Crippen LogP contribution in [0.1, 0.15) is 19.3 Å². The fraction of sp³-hybridized carbons (Fsp3) is 0.455. The van der Waals surface area contributed by atoms with Crippen LogP contribution in [0, 0.1) is 5.82 Å². The van der Waals surface area contributed by atoms with E-state index in [0.717, 1.165) is 24.9 Å². The van der Waals surface area contributed by atoms with Crippen LogP contribution in [-0.4, -0.2) is 17.3 Å². The molecule has 2 N–H and O–H groups in total. The Bertz CT molecular complexity index is 358. The number of rotatable bonds is 2. The average Bonchev–Trinajstić information content (AvgIpc) is 2.59. The Kier molecular flexibility index (Phi) is 3.12. The zero-order chi connectivity index (χ0) is 10.8. The molecule has 1 aromatic rings. The fourth-order valence-corrected chi connectivity index (χ4v) is 2.09. The lowest BCUT2D eigenvalue weighted by Crippen LogP contribution is -2.27. The molecule has 0 radical (unpaired) electrons. The molecule has 0 saturated heterocycles. The van der Waals surface area contributed by atoms with Gasteiger partial charge in [0.25, 0.3) is 0 Å². The van der Waals surface area contributed by atoms with E-state index in [0.29, 0.717) is 0 Å². The van der Waals surface area contributed by atoms with Gasteiger partial charge in [0.1, 0.15) is 5.82 Å². The second-order valence-electron chi connectivity index (χ2n) is 3.88. The van der Waals surface area contributed by atoms with Crippen LogP contribution in [0.25, 0.3) is 0 Å². The number of halogens is 2. The second-order valence-corrected chi connectivity index (χ2v) is 4.29. The average molecular weight is 230 g/mol. The minimum atomic E-state index is -0.422. The van der Waals surface area contributed by atoms with E-state index in [1.807, 2.05) is 0 Å². The monoisotopic (exact) mass is 229 g/mol. The summed E-state index contributed by atoms with van der Waals surface area (Å²) in [6, 6.07) is 4.56. The highest BCUT2D eigenvalue weighted by molar-refractivity contribution is 6.31. The minimum absolute atomic E-state index is 0.0616. The molecule has 1 saturated carbocycles. The molecule has 0 heterocycles. The van der Waals surface area contributed by atoms with Crippen molar-refractivity contribution in [1.82, 2.24) is 0 Å². The van der Waals surface area contributed by atoms with Crippen LogP contribution in [0.3, 0.4) is 0 Å². The minimum Gasteiger partial charge on any atom is -0.391 e. The summed E-state index contributed by atoms with van der Waals surface area (Å²) in [6.07, 6.45) is 2.48. The van der Waals surface area contributed by atoms with Gasteiger partial charge in [0.15, 0.2) is 0 Å². The Labute approximate surface area is 93.1 Å². The normalized spacial score (nSPS) is 25.5. The van der Waals surface area contributed by atoms with Gasteiger partial charge in [-0.3, -0.25) is 0 Å². The maximum atomic E-state index is 12.9. The maximum absolute atomic E-state index is 12.9. The van der Waals surface area contributed by atoms with Crippen LogP contribution in [-0.2, 0) is 0 Å². The van der Waals surface area contributed by atoms with Crippen molar-refractivity contribution in [1.29, 1.82) is 0 Å². The third-order valence-electron chi connectivity index (χ3n) is 2.75. The smallest absolute Gasteiger partial charge is 0.141 e. The van der Waals surface area contributed by atoms with Crippen molar-refractivity contribution in [2.75, 3.05) is 5.32 Å². The highest BCUT2D eigenvalue weighted by Gasteiger charge is 2.24. The van der Waals surface area contributed by atoms with E-state index in [9.17, 15) is 9.50 Å². The molecule has 2 nitrogen and oxygen atoms in total. The van der Waals surface area contributed by atoms with Gasteiger partial charge in [-0.15, -0.1) is 0 Å². The zero-order valence-electron chi connectivity index (χ0n) is 8.21. The predicted molar refractivity (Wildman–Crippen MR) is 58.7 cm³/mol. The Morgan fingerprint density at radius 2 is 2.20 bits per heavy atom. The van der Waals surface area contributed by atoms with E-state index in [-0.39, 0.29) is 17.2 Å². The van der Waals surface area contributed by atoms with Gasteiger partial charge in [0.2, 0.25) is 0 Å². The van der Waals surface area contributed by atoms with Crippen molar-refractivity contribution in [3.05, 3.63) is 29.0 Å². The first-order chi connectivity index (χ1) is 7.16. The Balaban J connectivity index is 2.07. The summed E-state index contributed by atoms with van der Waals surface area (Å²) < 4.78 is 12.9. The first-order valence-electron chi connectivity index (χ1n) is 5.06. The second kappa shape index (κ2) is 4.37. The third kappa shape index (κ3) is 2.41. The topological polar surface area (TPSA) is 32.3 Å². The number of hydrogen-bond acceptors (Lipinski definition) is 2. The molecule has 0 amide bonds. The summed E-state index contributed by atoms with van der Waals surface area (Å²) >= 11 is 5.66. The zero-order valence-corrected chi connectivity index (χ0v) is 8.97. The van der Waals surface area contributed by atoms with Crippen molar-refractivity contribution >= 4 is 17.3 Å². The van der Waals surface area contributed by atoms with Crippen LogP contribution >= 0.6 is 11.6 Å². The Morgan fingerprint density at radius 3 is 2.80 bits per heavy atom. The molecule has 0 aromatic heterocycles. The van der Waals surface area contributed by atoms with Gasteiger partial charge in [-0.05, 0) is 37.5 Å². The van der Waals surface area contributed by atoms with Crippen LogP contribution in [0.2, 0.25) is 5.02 Å². The number of nitrogens with one attached hydrogen (secondary N) is 1. The van der Waals surface area contributed by atoms with E-state index in [1.165, 1.54) is 6.07 Å². The van der Waals surface area contributed by atoms with Crippen LogP contribution in [0.5, 0.6) is 0 Å². The summed E-state index contributed by atoms with van der Waals surface area (Å²) in [5.41, 5.74) is 0.757. The van der Waals surface area contributed by atoms with Crippen molar-refractivity contribution < 1.29 is 9.50 Å². The van der Waals surface area contributed by atoms with Crippen molar-refractivity contribution in [3.8, 4) is 0 Å². The molecular weight excluding hydrogens is 217 g/mol. The molecule has 2 atom stereocenters. The first-order valence-corrected chi connectivity index (χ1v) is 5.44. The lowest BCUT2D eigenvalue weighted by atomic mass is 10.2.